The molecular weight excluding hydrogens is 280 g/mol. The highest BCUT2D eigenvalue weighted by atomic mass is 16.3. The van der Waals surface area contributed by atoms with E-state index in [0.717, 1.165) is 32.4 Å². The number of piperidine rings is 1. The highest BCUT2D eigenvalue weighted by Gasteiger charge is 2.48. The zero-order valence-electron chi connectivity index (χ0n) is 12.5. The number of hydrogen-bond acceptors (Lipinski definition) is 5. The van der Waals surface area contributed by atoms with Crippen LogP contribution in [0.5, 0.6) is 0 Å². The third kappa shape index (κ3) is 2.42. The van der Waals surface area contributed by atoms with Crippen LogP contribution in [0.2, 0.25) is 0 Å². The van der Waals surface area contributed by atoms with E-state index >= 15 is 0 Å². The normalized spacial score (nSPS) is 24.8. The monoisotopic (exact) mass is 300 g/mol. The summed E-state index contributed by atoms with van der Waals surface area (Å²) in [6.45, 7) is 2.50. The molecule has 0 bridgehead atoms. The van der Waals surface area contributed by atoms with E-state index in [1.54, 1.807) is 23.2 Å². The molecule has 6 nitrogen and oxygen atoms in total. The summed E-state index contributed by atoms with van der Waals surface area (Å²) in [5.74, 6) is 0.818. The topological polar surface area (TPSA) is 80.5 Å². The van der Waals surface area contributed by atoms with Gasteiger partial charge in [0.15, 0.2) is 0 Å². The second kappa shape index (κ2) is 5.93. The molecule has 22 heavy (non-hydrogen) atoms. The fourth-order valence-electron chi connectivity index (χ4n) is 3.65. The summed E-state index contributed by atoms with van der Waals surface area (Å²) in [4.78, 5) is 20.9. The summed E-state index contributed by atoms with van der Waals surface area (Å²) in [6.07, 6.45) is 4.31. The lowest BCUT2D eigenvalue weighted by Crippen LogP contribution is -2.50. The van der Waals surface area contributed by atoms with Crippen molar-refractivity contribution in [3.05, 3.63) is 23.9 Å². The minimum Gasteiger partial charge on any atom is -0.395 e. The molecule has 116 valence electrons. The molecule has 6 heteroatoms. The molecule has 1 spiro atoms. The molecule has 1 N–H and O–H groups in total. The zero-order chi connectivity index (χ0) is 15.6. The molecule has 1 unspecified atom stereocenters. The van der Waals surface area contributed by atoms with Crippen molar-refractivity contribution in [2.75, 3.05) is 37.7 Å². The number of aliphatic hydroxyl groups excluding tert-OH is 1. The Bertz CT molecular complexity index is 610. The number of pyridine rings is 1. The minimum absolute atomic E-state index is 0.00432. The van der Waals surface area contributed by atoms with Gasteiger partial charge in [-0.3, -0.25) is 4.79 Å². The molecule has 1 aromatic rings. The summed E-state index contributed by atoms with van der Waals surface area (Å²) >= 11 is 0. The van der Waals surface area contributed by atoms with E-state index in [2.05, 4.69) is 16.0 Å². The second-order valence-electron chi connectivity index (χ2n) is 6.06. The number of carbonyl (C=O) groups is 1. The van der Waals surface area contributed by atoms with Gasteiger partial charge in [0.05, 0.1) is 17.6 Å². The fourth-order valence-corrected chi connectivity index (χ4v) is 3.65. The number of carbonyl (C=O) groups excluding carboxylic acids is 1. The molecule has 2 saturated heterocycles. The summed E-state index contributed by atoms with van der Waals surface area (Å²) in [7, 11) is 0. The van der Waals surface area contributed by atoms with Crippen molar-refractivity contribution in [3.8, 4) is 6.07 Å². The highest BCUT2D eigenvalue weighted by molar-refractivity contribution is 5.85. The van der Waals surface area contributed by atoms with Crippen LogP contribution in [0, 0.1) is 16.7 Å². The molecule has 1 aromatic heterocycles. The molecule has 1 atom stereocenters. The van der Waals surface area contributed by atoms with Gasteiger partial charge < -0.3 is 14.9 Å². The van der Waals surface area contributed by atoms with E-state index < -0.39 is 0 Å². The molecule has 0 aliphatic carbocycles. The maximum atomic E-state index is 12.8. The summed E-state index contributed by atoms with van der Waals surface area (Å²) in [6, 6.07) is 5.68. The number of nitriles is 1. The Kier molecular flexibility index (Phi) is 3.99. The van der Waals surface area contributed by atoms with Crippen molar-refractivity contribution < 1.29 is 9.90 Å². The Balaban J connectivity index is 1.82. The van der Waals surface area contributed by atoms with E-state index in [1.807, 2.05) is 0 Å². The Hall–Kier alpha value is -2.13. The van der Waals surface area contributed by atoms with E-state index in [4.69, 9.17) is 5.11 Å². The van der Waals surface area contributed by atoms with Crippen molar-refractivity contribution in [1.82, 2.24) is 9.88 Å². The summed E-state index contributed by atoms with van der Waals surface area (Å²) in [5, 5.41) is 18.3. The van der Waals surface area contributed by atoms with E-state index in [-0.39, 0.29) is 17.9 Å². The lowest BCUT2D eigenvalue weighted by atomic mass is 9.78. The summed E-state index contributed by atoms with van der Waals surface area (Å²) < 4.78 is 0. The first-order chi connectivity index (χ1) is 10.7. The SMILES string of the molecule is N#Cc1cccnc1N1CCC2(CCCN(CCO)C2=O)C1. The quantitative estimate of drug-likeness (QED) is 0.891. The van der Waals surface area contributed by atoms with Crippen LogP contribution < -0.4 is 4.90 Å². The Morgan fingerprint density at radius 2 is 2.27 bits per heavy atom. The van der Waals surface area contributed by atoms with Crippen LogP contribution in [0.4, 0.5) is 5.82 Å². The third-order valence-corrected chi connectivity index (χ3v) is 4.75. The molecule has 3 rings (SSSR count). The van der Waals surface area contributed by atoms with Crippen molar-refractivity contribution in [1.29, 1.82) is 5.26 Å². The third-order valence-electron chi connectivity index (χ3n) is 4.75. The smallest absolute Gasteiger partial charge is 0.230 e. The largest absolute Gasteiger partial charge is 0.395 e. The van der Waals surface area contributed by atoms with Gasteiger partial charge in [0.25, 0.3) is 0 Å². The van der Waals surface area contributed by atoms with Crippen molar-refractivity contribution >= 4 is 11.7 Å². The number of β-amino-alcohol motifs (C(OH)–C–C–N with tert-alkyl or cyclic N) is 1. The van der Waals surface area contributed by atoms with Gasteiger partial charge in [-0.25, -0.2) is 4.98 Å². The van der Waals surface area contributed by atoms with Gasteiger partial charge in [-0.15, -0.1) is 0 Å². The van der Waals surface area contributed by atoms with Crippen molar-refractivity contribution in [2.45, 2.75) is 19.3 Å². The van der Waals surface area contributed by atoms with Gasteiger partial charge in [0, 0.05) is 32.4 Å². The van der Waals surface area contributed by atoms with Crippen LogP contribution in [0.1, 0.15) is 24.8 Å². The number of aromatic nitrogens is 1. The van der Waals surface area contributed by atoms with Crippen LogP contribution in [0.15, 0.2) is 18.3 Å². The van der Waals surface area contributed by atoms with Crippen LogP contribution in [0.3, 0.4) is 0 Å². The average molecular weight is 300 g/mol. The van der Waals surface area contributed by atoms with E-state index in [0.29, 0.717) is 24.5 Å². The average Bonchev–Trinajstić information content (AvgIpc) is 2.97. The van der Waals surface area contributed by atoms with Crippen LogP contribution in [-0.4, -0.2) is 53.7 Å². The predicted octanol–water partition coefficient (Wildman–Crippen LogP) is 0.764. The number of hydrogen-bond donors (Lipinski definition) is 1. The van der Waals surface area contributed by atoms with Crippen LogP contribution >= 0.6 is 0 Å². The van der Waals surface area contributed by atoms with Gasteiger partial charge in [-0.1, -0.05) is 0 Å². The predicted molar refractivity (Wildman–Crippen MR) is 81.1 cm³/mol. The minimum atomic E-state index is -0.377. The number of rotatable bonds is 3. The first-order valence-corrected chi connectivity index (χ1v) is 7.70. The molecule has 2 aliphatic heterocycles. The van der Waals surface area contributed by atoms with Crippen LogP contribution in [0.25, 0.3) is 0 Å². The number of amides is 1. The van der Waals surface area contributed by atoms with Crippen molar-refractivity contribution in [2.24, 2.45) is 5.41 Å². The fraction of sp³-hybridized carbons (Fsp3) is 0.562. The Morgan fingerprint density at radius 1 is 1.41 bits per heavy atom. The number of nitrogens with zero attached hydrogens (tertiary/aromatic N) is 4. The standard InChI is InChI=1S/C16H20N4O2/c17-11-13-3-1-6-18-14(13)20-8-5-16(12-20)4-2-7-19(9-10-21)15(16)22/h1,3,6,21H,2,4-5,7-10,12H2. The molecule has 0 radical (unpaired) electrons. The van der Waals surface area contributed by atoms with Gasteiger partial charge in [0.1, 0.15) is 11.9 Å². The molecule has 0 aromatic carbocycles. The van der Waals surface area contributed by atoms with Gasteiger partial charge in [-0.05, 0) is 31.4 Å². The maximum absolute atomic E-state index is 12.8. The molecule has 2 fully saturated rings. The Labute approximate surface area is 130 Å². The first-order valence-electron chi connectivity index (χ1n) is 7.70. The number of likely N-dealkylation sites (tertiary alicyclic amines) is 1. The maximum Gasteiger partial charge on any atom is 0.230 e. The Morgan fingerprint density at radius 3 is 3.05 bits per heavy atom. The first kappa shape index (κ1) is 14.8. The molecular formula is C16H20N4O2. The second-order valence-corrected chi connectivity index (χ2v) is 6.06. The van der Waals surface area contributed by atoms with Crippen LogP contribution in [-0.2, 0) is 4.79 Å². The lowest BCUT2D eigenvalue weighted by molar-refractivity contribution is -0.145. The van der Waals surface area contributed by atoms with Gasteiger partial charge >= 0.3 is 0 Å². The highest BCUT2D eigenvalue weighted by Crippen LogP contribution is 2.41. The molecule has 2 aliphatic rings. The molecule has 3 heterocycles. The van der Waals surface area contributed by atoms with E-state index in [9.17, 15) is 10.1 Å². The molecule has 1 amide bonds. The van der Waals surface area contributed by atoms with Crippen molar-refractivity contribution in [3.63, 3.8) is 0 Å². The number of anilines is 1. The number of aliphatic hydroxyl groups is 1. The zero-order valence-corrected chi connectivity index (χ0v) is 12.5. The van der Waals surface area contributed by atoms with Gasteiger partial charge in [0.2, 0.25) is 5.91 Å². The summed E-state index contributed by atoms with van der Waals surface area (Å²) in [5.41, 5.74) is 0.174. The molecule has 0 saturated carbocycles. The van der Waals surface area contributed by atoms with Gasteiger partial charge in [-0.2, -0.15) is 5.26 Å². The lowest BCUT2D eigenvalue weighted by Gasteiger charge is -2.39. The van der Waals surface area contributed by atoms with E-state index in [1.165, 1.54) is 0 Å².